The lowest BCUT2D eigenvalue weighted by molar-refractivity contribution is -0.120. The first-order valence-corrected chi connectivity index (χ1v) is 7.04. The monoisotopic (exact) mass is 282 g/mol. The fraction of sp³-hybridized carbons (Fsp3) is 0.235. The molecule has 108 valence electrons. The van der Waals surface area contributed by atoms with Gasteiger partial charge in [-0.2, -0.15) is 0 Å². The van der Waals surface area contributed by atoms with Crippen LogP contribution in [0.4, 0.5) is 11.4 Å². The number of carbonyl (C=O) groups excluding carboxylic acids is 1. The van der Waals surface area contributed by atoms with E-state index in [-0.39, 0.29) is 12.6 Å². The molecule has 2 aromatic rings. The quantitative estimate of drug-likeness (QED) is 0.877. The molecular weight excluding hydrogens is 264 g/mol. The number of nitrogens with two attached hydrogens (primary N) is 1. The van der Waals surface area contributed by atoms with Gasteiger partial charge in [0.1, 0.15) is 6.73 Å². The van der Waals surface area contributed by atoms with Crippen molar-refractivity contribution in [2.45, 2.75) is 19.4 Å². The van der Waals surface area contributed by atoms with Crippen LogP contribution in [0.1, 0.15) is 17.5 Å². The molecule has 4 nitrogen and oxygen atoms in total. The number of benzene rings is 2. The van der Waals surface area contributed by atoms with Crippen LogP contribution in [0.25, 0.3) is 0 Å². The Balaban J connectivity index is 1.69. The van der Waals surface area contributed by atoms with Crippen LogP contribution in [0, 0.1) is 0 Å². The van der Waals surface area contributed by atoms with E-state index in [9.17, 15) is 4.79 Å². The van der Waals surface area contributed by atoms with Crippen molar-refractivity contribution in [1.29, 1.82) is 0 Å². The lowest BCUT2D eigenvalue weighted by Crippen LogP contribution is -2.36. The first-order valence-electron chi connectivity index (χ1n) is 7.04. The highest BCUT2D eigenvalue weighted by atomic mass is 16.5. The van der Waals surface area contributed by atoms with Crippen molar-refractivity contribution >= 4 is 17.3 Å². The topological polar surface area (TPSA) is 55.6 Å². The molecule has 0 spiro atoms. The number of fused-ring (bicyclic) bond motifs is 1. The molecule has 1 aliphatic heterocycles. The number of nitrogen functional groups attached to an aromatic ring is 1. The maximum atomic E-state index is 12.1. The minimum absolute atomic E-state index is 0.0975. The molecular formula is C17H18N2O2. The number of nitrogens with zero attached hydrogens (tertiary/aromatic N) is 1. The lowest BCUT2D eigenvalue weighted by atomic mass is 10.0. The minimum Gasteiger partial charge on any atom is -0.399 e. The number of rotatable bonds is 4. The number of hydrogen-bond donors (Lipinski definition) is 1. The molecule has 2 aromatic carbocycles. The van der Waals surface area contributed by atoms with E-state index in [4.69, 9.17) is 10.5 Å². The highest BCUT2D eigenvalue weighted by Gasteiger charge is 2.24. The zero-order valence-electron chi connectivity index (χ0n) is 11.8. The third-order valence-electron chi connectivity index (χ3n) is 3.64. The molecule has 0 radical (unpaired) electrons. The van der Waals surface area contributed by atoms with Gasteiger partial charge in [-0.3, -0.25) is 9.69 Å². The van der Waals surface area contributed by atoms with Crippen molar-refractivity contribution in [3.63, 3.8) is 0 Å². The Labute approximate surface area is 124 Å². The number of ether oxygens (including phenoxy) is 1. The van der Waals surface area contributed by atoms with Crippen molar-refractivity contribution in [2.24, 2.45) is 0 Å². The van der Waals surface area contributed by atoms with Crippen LogP contribution < -0.4 is 10.6 Å². The molecule has 1 amide bonds. The Morgan fingerprint density at radius 2 is 1.90 bits per heavy atom. The molecule has 4 heteroatoms. The largest absolute Gasteiger partial charge is 0.399 e. The molecule has 0 bridgehead atoms. The van der Waals surface area contributed by atoms with Gasteiger partial charge < -0.3 is 10.5 Å². The maximum Gasteiger partial charge on any atom is 0.229 e. The molecule has 1 heterocycles. The van der Waals surface area contributed by atoms with Crippen LogP contribution in [0.5, 0.6) is 0 Å². The van der Waals surface area contributed by atoms with Crippen molar-refractivity contribution in [3.8, 4) is 0 Å². The van der Waals surface area contributed by atoms with Gasteiger partial charge in [-0.25, -0.2) is 0 Å². The molecule has 0 aromatic heterocycles. The van der Waals surface area contributed by atoms with E-state index >= 15 is 0 Å². The molecule has 21 heavy (non-hydrogen) atoms. The molecule has 0 saturated carbocycles. The Hall–Kier alpha value is -2.33. The van der Waals surface area contributed by atoms with Gasteiger partial charge >= 0.3 is 0 Å². The highest BCUT2D eigenvalue weighted by Crippen LogP contribution is 2.29. The van der Waals surface area contributed by atoms with E-state index in [2.05, 4.69) is 0 Å². The number of aryl methyl sites for hydroxylation is 1. The Bertz CT molecular complexity index is 640. The summed E-state index contributed by atoms with van der Waals surface area (Å²) in [5.41, 5.74) is 9.65. The molecule has 0 fully saturated rings. The van der Waals surface area contributed by atoms with Crippen molar-refractivity contribution in [2.75, 3.05) is 17.4 Å². The zero-order valence-corrected chi connectivity index (χ0v) is 11.8. The number of amides is 1. The molecule has 0 saturated heterocycles. The summed E-state index contributed by atoms with van der Waals surface area (Å²) in [5, 5.41) is 0. The third-order valence-corrected chi connectivity index (χ3v) is 3.64. The summed E-state index contributed by atoms with van der Waals surface area (Å²) in [5.74, 6) is 0.0975. The predicted molar refractivity (Wildman–Crippen MR) is 82.8 cm³/mol. The summed E-state index contributed by atoms with van der Waals surface area (Å²) in [6.45, 7) is 0.763. The lowest BCUT2D eigenvalue weighted by Gasteiger charge is -2.29. The van der Waals surface area contributed by atoms with Gasteiger partial charge in [0.2, 0.25) is 5.91 Å². The first-order chi connectivity index (χ1) is 10.2. The standard InChI is InChI=1S/C17H18N2O2/c18-15-7-8-16-14(10-15)6-9-17(20)19(16)12-21-11-13-4-2-1-3-5-13/h1-5,7-8,10H,6,9,11-12,18H2. The van der Waals surface area contributed by atoms with Crippen LogP contribution >= 0.6 is 0 Å². The SMILES string of the molecule is Nc1ccc2c(c1)CCC(=O)N2COCc1ccccc1. The smallest absolute Gasteiger partial charge is 0.229 e. The average Bonchev–Trinajstić information content (AvgIpc) is 2.50. The molecule has 0 unspecified atom stereocenters. The maximum absolute atomic E-state index is 12.1. The van der Waals surface area contributed by atoms with E-state index in [1.165, 1.54) is 0 Å². The van der Waals surface area contributed by atoms with Gasteiger partial charge in [-0.05, 0) is 35.7 Å². The summed E-state index contributed by atoms with van der Waals surface area (Å²) < 4.78 is 5.69. The van der Waals surface area contributed by atoms with E-state index in [1.807, 2.05) is 48.5 Å². The Morgan fingerprint density at radius 3 is 2.71 bits per heavy atom. The second kappa shape index (κ2) is 5.97. The first kappa shape index (κ1) is 13.6. The van der Waals surface area contributed by atoms with Crippen LogP contribution in [-0.2, 0) is 22.6 Å². The van der Waals surface area contributed by atoms with E-state index in [1.54, 1.807) is 4.90 Å². The van der Waals surface area contributed by atoms with Gasteiger partial charge in [0, 0.05) is 17.8 Å². The summed E-state index contributed by atoms with van der Waals surface area (Å²) in [6, 6.07) is 15.6. The number of hydrogen-bond acceptors (Lipinski definition) is 3. The van der Waals surface area contributed by atoms with E-state index in [0.717, 1.165) is 28.9 Å². The molecule has 3 rings (SSSR count). The second-order valence-corrected chi connectivity index (χ2v) is 5.17. The third kappa shape index (κ3) is 3.06. The van der Waals surface area contributed by atoms with Crippen molar-refractivity contribution < 1.29 is 9.53 Å². The van der Waals surface area contributed by atoms with Gasteiger partial charge in [0.25, 0.3) is 0 Å². The van der Waals surface area contributed by atoms with E-state index < -0.39 is 0 Å². The number of anilines is 2. The Kier molecular flexibility index (Phi) is 3.88. The molecule has 0 atom stereocenters. The zero-order chi connectivity index (χ0) is 14.7. The molecule has 0 aliphatic carbocycles. The fourth-order valence-electron chi connectivity index (χ4n) is 2.55. The summed E-state index contributed by atoms with van der Waals surface area (Å²) in [6.07, 6.45) is 1.25. The van der Waals surface area contributed by atoms with E-state index in [0.29, 0.717) is 13.0 Å². The van der Waals surface area contributed by atoms with Crippen molar-refractivity contribution in [1.82, 2.24) is 0 Å². The molecule has 1 aliphatic rings. The summed E-state index contributed by atoms with van der Waals surface area (Å²) >= 11 is 0. The van der Waals surface area contributed by atoms with Gasteiger partial charge in [-0.15, -0.1) is 0 Å². The molecule has 2 N–H and O–H groups in total. The van der Waals surface area contributed by atoms with Crippen LogP contribution in [-0.4, -0.2) is 12.6 Å². The predicted octanol–water partition coefficient (Wildman–Crippen LogP) is 2.72. The van der Waals surface area contributed by atoms with Crippen LogP contribution in [0.15, 0.2) is 48.5 Å². The minimum atomic E-state index is 0.0975. The van der Waals surface area contributed by atoms with Crippen LogP contribution in [0.2, 0.25) is 0 Å². The van der Waals surface area contributed by atoms with Crippen LogP contribution in [0.3, 0.4) is 0 Å². The Morgan fingerprint density at radius 1 is 1.10 bits per heavy atom. The summed E-state index contributed by atoms with van der Waals surface area (Å²) in [4.78, 5) is 13.8. The summed E-state index contributed by atoms with van der Waals surface area (Å²) in [7, 11) is 0. The fourth-order valence-corrected chi connectivity index (χ4v) is 2.55. The van der Waals surface area contributed by atoms with Crippen molar-refractivity contribution in [3.05, 3.63) is 59.7 Å². The average molecular weight is 282 g/mol. The normalized spacial score (nSPS) is 14.1. The highest BCUT2D eigenvalue weighted by molar-refractivity contribution is 5.96. The second-order valence-electron chi connectivity index (χ2n) is 5.17. The van der Waals surface area contributed by atoms with Gasteiger partial charge in [0.05, 0.1) is 6.61 Å². The number of carbonyl (C=O) groups is 1. The van der Waals surface area contributed by atoms with Gasteiger partial charge in [-0.1, -0.05) is 30.3 Å². The van der Waals surface area contributed by atoms with Gasteiger partial charge in [0.15, 0.2) is 0 Å².